The maximum absolute atomic E-state index is 13.0. The van der Waals surface area contributed by atoms with Gasteiger partial charge in [0.25, 0.3) is 11.6 Å². The van der Waals surface area contributed by atoms with E-state index in [2.05, 4.69) is 15.9 Å². The van der Waals surface area contributed by atoms with Gasteiger partial charge in [0.1, 0.15) is 0 Å². The van der Waals surface area contributed by atoms with Gasteiger partial charge in [-0.05, 0) is 12.1 Å². The average Bonchev–Trinajstić information content (AvgIpc) is 2.31. The molecular weight excluding hydrogens is 322 g/mol. The molecule has 0 spiro atoms. The zero-order valence-electron chi connectivity index (χ0n) is 10.1. The first-order valence-electron chi connectivity index (χ1n) is 5.90. The third-order valence-electron chi connectivity index (χ3n) is 3.22. The Morgan fingerprint density at radius 3 is 2.58 bits per heavy atom. The molecule has 0 unspecified atom stereocenters. The van der Waals surface area contributed by atoms with Crippen molar-refractivity contribution in [2.45, 2.75) is 25.3 Å². The number of halogens is 3. The molecule has 1 aromatic carbocycles. The largest absolute Gasteiger partial charge is 0.298 e. The van der Waals surface area contributed by atoms with Crippen LogP contribution in [0.5, 0.6) is 0 Å². The summed E-state index contributed by atoms with van der Waals surface area (Å²) in [5.41, 5.74) is 0.574. The standard InChI is InChI=1S/C12H13BrF2N2O2/c13-10-1-2-11(17(18)19)9(7-10)8-16-5-3-12(14,15)4-6-16/h1-2,7H,3-6,8H2. The summed E-state index contributed by atoms with van der Waals surface area (Å²) in [6, 6.07) is 4.70. The van der Waals surface area contributed by atoms with E-state index in [1.807, 2.05) is 4.90 Å². The van der Waals surface area contributed by atoms with Gasteiger partial charge in [-0.2, -0.15) is 0 Å². The molecule has 0 N–H and O–H groups in total. The Hall–Kier alpha value is -1.08. The molecule has 1 fully saturated rings. The molecule has 19 heavy (non-hydrogen) atoms. The van der Waals surface area contributed by atoms with Crippen LogP contribution in [0.25, 0.3) is 0 Å². The molecule has 0 atom stereocenters. The van der Waals surface area contributed by atoms with E-state index in [9.17, 15) is 18.9 Å². The van der Waals surface area contributed by atoms with E-state index >= 15 is 0 Å². The average molecular weight is 335 g/mol. The summed E-state index contributed by atoms with van der Waals surface area (Å²) >= 11 is 3.27. The molecule has 1 saturated heterocycles. The maximum atomic E-state index is 13.0. The third kappa shape index (κ3) is 3.70. The molecule has 2 rings (SSSR count). The van der Waals surface area contributed by atoms with Crippen molar-refractivity contribution in [3.63, 3.8) is 0 Å². The van der Waals surface area contributed by atoms with Gasteiger partial charge in [-0.25, -0.2) is 8.78 Å². The van der Waals surface area contributed by atoms with Crippen molar-refractivity contribution in [2.24, 2.45) is 0 Å². The van der Waals surface area contributed by atoms with Crippen LogP contribution in [-0.4, -0.2) is 28.8 Å². The lowest BCUT2D eigenvalue weighted by Gasteiger charge is -2.31. The van der Waals surface area contributed by atoms with Gasteiger partial charge in [-0.3, -0.25) is 15.0 Å². The lowest BCUT2D eigenvalue weighted by Crippen LogP contribution is -2.38. The first-order valence-corrected chi connectivity index (χ1v) is 6.70. The Morgan fingerprint density at radius 2 is 2.00 bits per heavy atom. The molecule has 0 aliphatic carbocycles. The summed E-state index contributed by atoms with van der Waals surface area (Å²) in [4.78, 5) is 12.3. The number of nitro benzene ring substituents is 1. The third-order valence-corrected chi connectivity index (χ3v) is 3.71. The van der Waals surface area contributed by atoms with Gasteiger partial charge in [0.05, 0.1) is 4.92 Å². The number of alkyl halides is 2. The summed E-state index contributed by atoms with van der Waals surface area (Å²) in [7, 11) is 0. The highest BCUT2D eigenvalue weighted by Gasteiger charge is 2.34. The van der Waals surface area contributed by atoms with E-state index in [0.717, 1.165) is 4.47 Å². The van der Waals surface area contributed by atoms with Crippen LogP contribution < -0.4 is 0 Å². The van der Waals surface area contributed by atoms with Crippen LogP contribution >= 0.6 is 15.9 Å². The summed E-state index contributed by atoms with van der Waals surface area (Å²) < 4.78 is 26.8. The van der Waals surface area contributed by atoms with Crippen LogP contribution in [0.1, 0.15) is 18.4 Å². The van der Waals surface area contributed by atoms with E-state index in [1.54, 1.807) is 12.1 Å². The minimum absolute atomic E-state index is 0.0283. The quantitative estimate of drug-likeness (QED) is 0.626. The summed E-state index contributed by atoms with van der Waals surface area (Å²) in [6.07, 6.45) is -0.371. The first-order chi connectivity index (χ1) is 8.87. The molecular formula is C12H13BrF2N2O2. The van der Waals surface area contributed by atoms with Crippen LogP contribution in [0, 0.1) is 10.1 Å². The molecule has 7 heteroatoms. The summed E-state index contributed by atoms with van der Waals surface area (Å²) in [5, 5.41) is 10.9. The van der Waals surface area contributed by atoms with Gasteiger partial charge in [0.2, 0.25) is 0 Å². The zero-order valence-corrected chi connectivity index (χ0v) is 11.7. The Labute approximate surface area is 117 Å². The van der Waals surface area contributed by atoms with Crippen LogP contribution in [0.3, 0.4) is 0 Å². The molecule has 0 bridgehead atoms. The van der Waals surface area contributed by atoms with Crippen molar-refractivity contribution in [3.05, 3.63) is 38.3 Å². The molecule has 1 aliphatic rings. The monoisotopic (exact) mass is 334 g/mol. The SMILES string of the molecule is O=[N+]([O-])c1ccc(Br)cc1CN1CCC(F)(F)CC1. The molecule has 1 heterocycles. The highest BCUT2D eigenvalue weighted by Crippen LogP contribution is 2.30. The lowest BCUT2D eigenvalue weighted by atomic mass is 10.1. The second kappa shape index (κ2) is 5.50. The second-order valence-electron chi connectivity index (χ2n) is 4.66. The van der Waals surface area contributed by atoms with Crippen molar-refractivity contribution in [1.82, 2.24) is 4.90 Å². The van der Waals surface area contributed by atoms with E-state index in [4.69, 9.17) is 0 Å². The Kier molecular flexibility index (Phi) is 4.15. The summed E-state index contributed by atoms with van der Waals surface area (Å²) in [5.74, 6) is -2.60. The molecule has 0 amide bonds. The van der Waals surface area contributed by atoms with Crippen molar-refractivity contribution < 1.29 is 13.7 Å². The predicted octanol–water partition coefficient (Wildman–Crippen LogP) is 3.59. The lowest BCUT2D eigenvalue weighted by molar-refractivity contribution is -0.385. The number of piperidine rings is 1. The van der Waals surface area contributed by atoms with Crippen LogP contribution in [0.4, 0.5) is 14.5 Å². The molecule has 0 radical (unpaired) electrons. The molecule has 1 aromatic rings. The topological polar surface area (TPSA) is 46.4 Å². The molecule has 4 nitrogen and oxygen atoms in total. The zero-order chi connectivity index (χ0) is 14.0. The molecule has 1 aliphatic heterocycles. The Bertz CT molecular complexity index is 487. The Balaban J connectivity index is 2.11. The van der Waals surface area contributed by atoms with Gasteiger partial charge in [0.15, 0.2) is 0 Å². The number of rotatable bonds is 3. The fraction of sp³-hybridized carbons (Fsp3) is 0.500. The highest BCUT2D eigenvalue weighted by atomic mass is 79.9. The number of hydrogen-bond donors (Lipinski definition) is 0. The molecule has 0 aromatic heterocycles. The second-order valence-corrected chi connectivity index (χ2v) is 5.58. The number of likely N-dealkylation sites (tertiary alicyclic amines) is 1. The van der Waals surface area contributed by atoms with E-state index < -0.39 is 10.8 Å². The van der Waals surface area contributed by atoms with Crippen molar-refractivity contribution in [2.75, 3.05) is 13.1 Å². The van der Waals surface area contributed by atoms with E-state index in [0.29, 0.717) is 12.1 Å². The normalized spacial score (nSPS) is 19.3. The van der Waals surface area contributed by atoms with E-state index in [-0.39, 0.29) is 31.6 Å². The Morgan fingerprint density at radius 1 is 1.37 bits per heavy atom. The number of benzene rings is 1. The minimum atomic E-state index is -2.60. The van der Waals surface area contributed by atoms with Crippen LogP contribution in [-0.2, 0) is 6.54 Å². The minimum Gasteiger partial charge on any atom is -0.298 e. The van der Waals surface area contributed by atoms with Crippen molar-refractivity contribution in [3.8, 4) is 0 Å². The van der Waals surface area contributed by atoms with Crippen molar-refractivity contribution in [1.29, 1.82) is 0 Å². The van der Waals surface area contributed by atoms with Crippen molar-refractivity contribution >= 4 is 21.6 Å². The van der Waals surface area contributed by atoms with E-state index in [1.165, 1.54) is 6.07 Å². The summed E-state index contributed by atoms with van der Waals surface area (Å²) in [6.45, 7) is 0.846. The van der Waals surface area contributed by atoms with Gasteiger partial charge in [0, 0.05) is 48.6 Å². The van der Waals surface area contributed by atoms with Gasteiger partial charge >= 0.3 is 0 Å². The van der Waals surface area contributed by atoms with Gasteiger partial charge < -0.3 is 0 Å². The first kappa shape index (κ1) is 14.3. The number of nitro groups is 1. The van der Waals surface area contributed by atoms with Gasteiger partial charge in [-0.15, -0.1) is 0 Å². The highest BCUT2D eigenvalue weighted by molar-refractivity contribution is 9.10. The fourth-order valence-corrected chi connectivity index (χ4v) is 2.55. The number of hydrogen-bond acceptors (Lipinski definition) is 3. The van der Waals surface area contributed by atoms with Crippen LogP contribution in [0.15, 0.2) is 22.7 Å². The smallest absolute Gasteiger partial charge is 0.273 e. The number of nitrogens with zero attached hydrogens (tertiary/aromatic N) is 2. The van der Waals surface area contributed by atoms with Gasteiger partial charge in [-0.1, -0.05) is 15.9 Å². The fourth-order valence-electron chi connectivity index (χ4n) is 2.14. The molecule has 0 saturated carbocycles. The predicted molar refractivity (Wildman–Crippen MR) is 70.3 cm³/mol. The maximum Gasteiger partial charge on any atom is 0.273 e. The molecule has 104 valence electrons. The van der Waals surface area contributed by atoms with Crippen LogP contribution in [0.2, 0.25) is 0 Å².